The van der Waals surface area contributed by atoms with Crippen LogP contribution >= 0.6 is 11.3 Å². The number of carbonyl (C=O) groups excluding carboxylic acids is 2. The van der Waals surface area contributed by atoms with Gasteiger partial charge >= 0.3 is 5.97 Å². The van der Waals surface area contributed by atoms with Crippen LogP contribution in [-0.4, -0.2) is 47.9 Å². The standard InChI is InChI=1S/C17H19N3O7S3/c1-11-7-12-8-13(29(18,23)24)4-5-14(12)20(11)15(21)10-27-16(22)9-19-30(25,26)17-3-2-6-28-17/h2-6,8,11,19H,7,9-10H2,1H3,(H2,18,23,24). The first-order chi connectivity index (χ1) is 14.0. The normalized spacial score (nSPS) is 16.3. The third-order valence-corrected chi connectivity index (χ3v) is 8.10. The van der Waals surface area contributed by atoms with Crippen molar-refractivity contribution < 1.29 is 31.2 Å². The Kier molecular flexibility index (Phi) is 6.29. The SMILES string of the molecule is CC1Cc2cc(S(N)(=O)=O)ccc2N1C(=O)COC(=O)CNS(=O)(=O)c1cccs1. The van der Waals surface area contributed by atoms with E-state index in [4.69, 9.17) is 9.88 Å². The van der Waals surface area contributed by atoms with Gasteiger partial charge in [0.2, 0.25) is 10.0 Å². The second-order valence-electron chi connectivity index (χ2n) is 6.57. The molecule has 0 radical (unpaired) electrons. The Morgan fingerprint density at radius 1 is 1.27 bits per heavy atom. The molecule has 2 heterocycles. The number of esters is 1. The molecule has 3 rings (SSSR count). The van der Waals surface area contributed by atoms with E-state index in [1.165, 1.54) is 29.2 Å². The second-order valence-corrected chi connectivity index (χ2v) is 11.1. The summed E-state index contributed by atoms with van der Waals surface area (Å²) in [5.41, 5.74) is 1.15. The van der Waals surface area contributed by atoms with Crippen LogP contribution in [0.5, 0.6) is 0 Å². The van der Waals surface area contributed by atoms with Crippen molar-refractivity contribution in [3.8, 4) is 0 Å². The van der Waals surface area contributed by atoms with Crippen LogP contribution in [-0.2, 0) is 40.8 Å². The highest BCUT2D eigenvalue weighted by molar-refractivity contribution is 7.91. The largest absolute Gasteiger partial charge is 0.455 e. The predicted molar refractivity (Wildman–Crippen MR) is 109 cm³/mol. The zero-order valence-electron chi connectivity index (χ0n) is 15.8. The van der Waals surface area contributed by atoms with E-state index in [1.807, 2.05) is 0 Å². The lowest BCUT2D eigenvalue weighted by Crippen LogP contribution is -2.39. The molecule has 1 amide bonds. The summed E-state index contributed by atoms with van der Waals surface area (Å²) in [6.07, 6.45) is 0.416. The number of rotatable bonds is 7. The lowest BCUT2D eigenvalue weighted by atomic mass is 10.1. The highest BCUT2D eigenvalue weighted by atomic mass is 32.2. The van der Waals surface area contributed by atoms with Crippen LogP contribution in [0.25, 0.3) is 0 Å². The van der Waals surface area contributed by atoms with Crippen molar-refractivity contribution in [2.75, 3.05) is 18.1 Å². The summed E-state index contributed by atoms with van der Waals surface area (Å²) in [7, 11) is -7.68. The van der Waals surface area contributed by atoms with E-state index in [0.29, 0.717) is 17.7 Å². The van der Waals surface area contributed by atoms with Crippen LogP contribution < -0.4 is 14.8 Å². The Morgan fingerprint density at radius 3 is 2.63 bits per heavy atom. The lowest BCUT2D eigenvalue weighted by molar-refractivity contribution is -0.146. The maximum absolute atomic E-state index is 12.6. The van der Waals surface area contributed by atoms with E-state index < -0.39 is 45.1 Å². The van der Waals surface area contributed by atoms with Crippen LogP contribution in [0.1, 0.15) is 12.5 Å². The van der Waals surface area contributed by atoms with Gasteiger partial charge in [-0.15, -0.1) is 11.3 Å². The van der Waals surface area contributed by atoms with Gasteiger partial charge in [0.15, 0.2) is 6.61 Å². The van der Waals surface area contributed by atoms with Crippen molar-refractivity contribution in [2.45, 2.75) is 28.5 Å². The van der Waals surface area contributed by atoms with E-state index in [0.717, 1.165) is 11.3 Å². The van der Waals surface area contributed by atoms with E-state index in [1.54, 1.807) is 18.4 Å². The monoisotopic (exact) mass is 473 g/mol. The molecule has 0 aliphatic carbocycles. The molecule has 13 heteroatoms. The van der Waals surface area contributed by atoms with Crippen molar-refractivity contribution in [1.29, 1.82) is 0 Å². The predicted octanol–water partition coefficient (Wildman–Crippen LogP) is 0.195. The summed E-state index contributed by atoms with van der Waals surface area (Å²) in [5.74, 6) is -1.42. The number of fused-ring (bicyclic) bond motifs is 1. The molecular weight excluding hydrogens is 454 g/mol. The minimum atomic E-state index is -3.86. The minimum Gasteiger partial charge on any atom is -0.455 e. The quantitative estimate of drug-likeness (QED) is 0.545. The maximum atomic E-state index is 12.6. The first-order valence-corrected chi connectivity index (χ1v) is 12.6. The Bertz CT molecular complexity index is 1180. The van der Waals surface area contributed by atoms with Gasteiger partial charge in [-0.2, -0.15) is 4.72 Å². The molecular formula is C17H19N3O7S3. The lowest BCUT2D eigenvalue weighted by Gasteiger charge is -2.22. The van der Waals surface area contributed by atoms with Gasteiger partial charge in [-0.1, -0.05) is 6.07 Å². The zero-order chi connectivity index (χ0) is 22.1. The van der Waals surface area contributed by atoms with Crippen molar-refractivity contribution in [3.63, 3.8) is 0 Å². The number of thiophene rings is 1. The van der Waals surface area contributed by atoms with Crippen molar-refractivity contribution in [2.24, 2.45) is 5.14 Å². The van der Waals surface area contributed by atoms with E-state index in [9.17, 15) is 26.4 Å². The second kappa shape index (κ2) is 8.43. The van der Waals surface area contributed by atoms with Crippen LogP contribution in [0.4, 0.5) is 5.69 Å². The minimum absolute atomic E-state index is 0.0489. The number of nitrogens with two attached hydrogens (primary N) is 1. The first-order valence-electron chi connectivity index (χ1n) is 8.65. The molecule has 2 aromatic rings. The average molecular weight is 474 g/mol. The molecule has 1 unspecified atom stereocenters. The zero-order valence-corrected chi connectivity index (χ0v) is 18.2. The van der Waals surface area contributed by atoms with Gasteiger partial charge in [-0.3, -0.25) is 9.59 Å². The molecule has 0 saturated heterocycles. The summed E-state index contributed by atoms with van der Waals surface area (Å²) in [6, 6.07) is 6.89. The van der Waals surface area contributed by atoms with Gasteiger partial charge < -0.3 is 9.64 Å². The highest BCUT2D eigenvalue weighted by Crippen LogP contribution is 2.33. The van der Waals surface area contributed by atoms with Crippen LogP contribution in [0.15, 0.2) is 44.8 Å². The van der Waals surface area contributed by atoms with E-state index in [2.05, 4.69) is 4.72 Å². The smallest absolute Gasteiger partial charge is 0.321 e. The fraction of sp³-hybridized carbons (Fsp3) is 0.294. The number of primary sulfonamides is 1. The average Bonchev–Trinajstić information content (AvgIpc) is 3.31. The third kappa shape index (κ3) is 4.87. The Hall–Kier alpha value is -2.32. The number of benzene rings is 1. The number of ether oxygens (including phenoxy) is 1. The van der Waals surface area contributed by atoms with Crippen LogP contribution in [0, 0.1) is 0 Å². The number of sulfonamides is 2. The molecule has 162 valence electrons. The van der Waals surface area contributed by atoms with Crippen molar-refractivity contribution in [3.05, 3.63) is 41.3 Å². The van der Waals surface area contributed by atoms with E-state index in [-0.39, 0.29) is 15.1 Å². The Balaban J connectivity index is 1.60. The molecule has 1 aromatic carbocycles. The van der Waals surface area contributed by atoms with Gasteiger partial charge in [-0.05, 0) is 48.6 Å². The summed E-state index contributed by atoms with van der Waals surface area (Å²) in [6.45, 7) is 0.573. The molecule has 1 atom stereocenters. The fourth-order valence-corrected chi connectivity index (χ4v) is 5.64. The molecule has 1 aliphatic rings. The van der Waals surface area contributed by atoms with Gasteiger partial charge in [0.05, 0.1) is 4.90 Å². The van der Waals surface area contributed by atoms with E-state index >= 15 is 0 Å². The summed E-state index contributed by atoms with van der Waals surface area (Å²) >= 11 is 1.00. The van der Waals surface area contributed by atoms with Gasteiger partial charge in [0.25, 0.3) is 15.9 Å². The highest BCUT2D eigenvalue weighted by Gasteiger charge is 2.32. The molecule has 1 aromatic heterocycles. The number of amides is 1. The third-order valence-electron chi connectivity index (χ3n) is 4.39. The maximum Gasteiger partial charge on any atom is 0.321 e. The number of nitrogens with one attached hydrogen (secondary N) is 1. The van der Waals surface area contributed by atoms with Crippen molar-refractivity contribution in [1.82, 2.24) is 4.72 Å². The summed E-state index contributed by atoms with van der Waals surface area (Å²) in [4.78, 5) is 25.8. The number of hydrogen-bond acceptors (Lipinski definition) is 8. The van der Waals surface area contributed by atoms with Gasteiger partial charge in [0, 0.05) is 11.7 Å². The number of hydrogen-bond donors (Lipinski definition) is 2. The number of carbonyl (C=O) groups is 2. The molecule has 0 saturated carbocycles. The molecule has 0 bridgehead atoms. The summed E-state index contributed by atoms with van der Waals surface area (Å²) in [5, 5.41) is 6.73. The number of anilines is 1. The summed E-state index contributed by atoms with van der Waals surface area (Å²) < 4.78 is 54.1. The molecule has 10 nitrogen and oxygen atoms in total. The Morgan fingerprint density at radius 2 is 2.00 bits per heavy atom. The van der Waals surface area contributed by atoms with Crippen LogP contribution in [0.3, 0.4) is 0 Å². The molecule has 0 fully saturated rings. The van der Waals surface area contributed by atoms with Crippen LogP contribution in [0.2, 0.25) is 0 Å². The van der Waals surface area contributed by atoms with Gasteiger partial charge in [-0.25, -0.2) is 22.0 Å². The topological polar surface area (TPSA) is 153 Å². The Labute approximate surface area is 177 Å². The van der Waals surface area contributed by atoms with Gasteiger partial charge in [0.1, 0.15) is 10.8 Å². The molecule has 3 N–H and O–H groups in total. The van der Waals surface area contributed by atoms with Crippen molar-refractivity contribution >= 4 is 48.9 Å². The first kappa shape index (κ1) is 22.4. The molecule has 0 spiro atoms. The number of nitrogens with zero attached hydrogens (tertiary/aromatic N) is 1. The molecule has 30 heavy (non-hydrogen) atoms. The molecule has 1 aliphatic heterocycles. The fourth-order valence-electron chi connectivity index (χ4n) is 3.07.